The van der Waals surface area contributed by atoms with Crippen molar-refractivity contribution in [2.45, 2.75) is 68.3 Å². The highest BCUT2D eigenvalue weighted by Crippen LogP contribution is 2.31. The molecule has 1 aromatic carbocycles. The number of nitrogens with one attached hydrogen (secondary N) is 1. The molecule has 0 bridgehead atoms. The summed E-state index contributed by atoms with van der Waals surface area (Å²) in [6, 6.07) is 5.79. The second-order valence-electron chi connectivity index (χ2n) is 7.54. The van der Waals surface area contributed by atoms with Gasteiger partial charge in [-0.2, -0.15) is 4.31 Å². The van der Waals surface area contributed by atoms with Gasteiger partial charge in [-0.15, -0.1) is 0 Å². The molecular weight excluding hydrogens is 368 g/mol. The molecule has 3 rings (SSSR count). The van der Waals surface area contributed by atoms with Crippen molar-refractivity contribution in [3.63, 3.8) is 0 Å². The van der Waals surface area contributed by atoms with Gasteiger partial charge in [-0.05, 0) is 50.8 Å². The van der Waals surface area contributed by atoms with E-state index in [1.54, 1.807) is 0 Å². The van der Waals surface area contributed by atoms with Crippen LogP contribution in [0.5, 0.6) is 0 Å². The fourth-order valence-corrected chi connectivity index (χ4v) is 5.77. The van der Waals surface area contributed by atoms with Crippen LogP contribution in [0.25, 0.3) is 0 Å². The quantitative estimate of drug-likeness (QED) is 0.798. The van der Waals surface area contributed by atoms with Crippen LogP contribution in [0.3, 0.4) is 0 Å². The van der Waals surface area contributed by atoms with Gasteiger partial charge in [0.25, 0.3) is 5.91 Å². The highest BCUT2D eigenvalue weighted by Gasteiger charge is 2.42. The number of sulfonamides is 1. The van der Waals surface area contributed by atoms with Crippen LogP contribution in [-0.4, -0.2) is 47.8 Å². The minimum atomic E-state index is -3.69. The number of carbonyl (C=O) groups is 2. The van der Waals surface area contributed by atoms with E-state index in [1.807, 2.05) is 6.92 Å². The predicted molar refractivity (Wildman–Crippen MR) is 99.9 cm³/mol. The molecule has 1 unspecified atom stereocenters. The molecule has 2 aliphatic rings. The standard InChI is InChI=1S/C19H26N2O5S/c1-14-7-2-5-12-21(14)27(25,26)16-9-6-8-15(13-16)17(22)20-19(18(23)24)10-3-4-11-19/h6,8-9,13-14H,2-5,7,10-12H2,1H3,(H,20,22)(H,23,24). The summed E-state index contributed by atoms with van der Waals surface area (Å²) in [6.45, 7) is 2.37. The Morgan fingerprint density at radius 3 is 2.52 bits per heavy atom. The fourth-order valence-electron chi connectivity index (χ4n) is 4.02. The molecule has 8 heteroatoms. The summed E-state index contributed by atoms with van der Waals surface area (Å²) in [6.07, 6.45) is 4.91. The van der Waals surface area contributed by atoms with Gasteiger partial charge >= 0.3 is 5.97 Å². The van der Waals surface area contributed by atoms with Gasteiger partial charge < -0.3 is 10.4 Å². The average molecular weight is 394 g/mol. The lowest BCUT2D eigenvalue weighted by molar-refractivity contribution is -0.144. The topological polar surface area (TPSA) is 104 Å². The zero-order chi connectivity index (χ0) is 19.7. The number of piperidine rings is 1. The molecule has 2 N–H and O–H groups in total. The number of benzene rings is 1. The van der Waals surface area contributed by atoms with Gasteiger partial charge in [-0.3, -0.25) is 4.79 Å². The van der Waals surface area contributed by atoms with E-state index < -0.39 is 27.4 Å². The SMILES string of the molecule is CC1CCCCN1S(=O)(=O)c1cccc(C(=O)NC2(C(=O)O)CCCC2)c1. The van der Waals surface area contributed by atoms with Crippen molar-refractivity contribution in [2.75, 3.05) is 6.54 Å². The third-order valence-electron chi connectivity index (χ3n) is 5.66. The van der Waals surface area contributed by atoms with Gasteiger partial charge in [0.2, 0.25) is 10.0 Å². The molecule has 148 valence electrons. The van der Waals surface area contributed by atoms with Crippen LogP contribution in [0.4, 0.5) is 0 Å². The Balaban J connectivity index is 1.85. The maximum atomic E-state index is 13.0. The maximum Gasteiger partial charge on any atom is 0.329 e. The smallest absolute Gasteiger partial charge is 0.329 e. The van der Waals surface area contributed by atoms with Crippen LogP contribution in [0.2, 0.25) is 0 Å². The zero-order valence-corrected chi connectivity index (χ0v) is 16.3. The lowest BCUT2D eigenvalue weighted by Gasteiger charge is -2.32. The van der Waals surface area contributed by atoms with Crippen LogP contribution in [-0.2, 0) is 14.8 Å². The summed E-state index contributed by atoms with van der Waals surface area (Å²) in [7, 11) is -3.69. The summed E-state index contributed by atoms with van der Waals surface area (Å²) in [5.41, 5.74) is -1.10. The summed E-state index contributed by atoms with van der Waals surface area (Å²) in [5, 5.41) is 12.2. The van der Waals surface area contributed by atoms with Gasteiger partial charge in [0.1, 0.15) is 5.54 Å². The number of amides is 1. The van der Waals surface area contributed by atoms with E-state index in [0.29, 0.717) is 19.4 Å². The summed E-state index contributed by atoms with van der Waals surface area (Å²) in [4.78, 5) is 24.4. The molecule has 1 saturated carbocycles. The predicted octanol–water partition coefficient (Wildman–Crippen LogP) is 2.38. The first-order chi connectivity index (χ1) is 12.8. The number of carboxylic acids is 1. The van der Waals surface area contributed by atoms with Gasteiger partial charge in [0.05, 0.1) is 4.90 Å². The van der Waals surface area contributed by atoms with Crippen LogP contribution < -0.4 is 5.32 Å². The first-order valence-corrected chi connectivity index (χ1v) is 10.9. The molecule has 1 atom stereocenters. The average Bonchev–Trinajstić information content (AvgIpc) is 3.12. The molecule has 1 aliphatic heterocycles. The minimum Gasteiger partial charge on any atom is -0.480 e. The number of rotatable bonds is 5. The Hall–Kier alpha value is -1.93. The normalized spacial score (nSPS) is 23.1. The molecule has 0 aromatic heterocycles. The Kier molecular flexibility index (Phi) is 5.58. The molecule has 0 spiro atoms. The van der Waals surface area contributed by atoms with Crippen LogP contribution in [0.15, 0.2) is 29.2 Å². The first-order valence-electron chi connectivity index (χ1n) is 9.44. The molecule has 1 amide bonds. The number of hydrogen-bond acceptors (Lipinski definition) is 4. The van der Waals surface area contributed by atoms with E-state index in [2.05, 4.69) is 5.32 Å². The van der Waals surface area contributed by atoms with Crippen LogP contribution >= 0.6 is 0 Å². The number of nitrogens with zero attached hydrogens (tertiary/aromatic N) is 1. The van der Waals surface area contributed by atoms with Gasteiger partial charge in [-0.25, -0.2) is 13.2 Å². The van der Waals surface area contributed by atoms with Crippen molar-refractivity contribution in [3.05, 3.63) is 29.8 Å². The lowest BCUT2D eigenvalue weighted by atomic mass is 9.97. The maximum absolute atomic E-state index is 13.0. The van der Waals surface area contributed by atoms with E-state index in [9.17, 15) is 23.1 Å². The van der Waals surface area contributed by atoms with Crippen molar-refractivity contribution in [1.29, 1.82) is 0 Å². The lowest BCUT2D eigenvalue weighted by Crippen LogP contribution is -2.52. The molecule has 0 radical (unpaired) electrons. The van der Waals surface area contributed by atoms with Crippen LogP contribution in [0, 0.1) is 0 Å². The molecule has 2 fully saturated rings. The summed E-state index contributed by atoms with van der Waals surface area (Å²) < 4.78 is 27.5. The van der Waals surface area contributed by atoms with Gasteiger partial charge in [0.15, 0.2) is 0 Å². The van der Waals surface area contributed by atoms with E-state index in [4.69, 9.17) is 0 Å². The van der Waals surface area contributed by atoms with Crippen LogP contribution in [0.1, 0.15) is 62.2 Å². The summed E-state index contributed by atoms with van der Waals surface area (Å²) >= 11 is 0. The van der Waals surface area contributed by atoms with Crippen molar-refractivity contribution in [1.82, 2.24) is 9.62 Å². The Bertz CT molecular complexity index is 830. The second-order valence-corrected chi connectivity index (χ2v) is 9.43. The molecule has 1 heterocycles. The number of carbonyl (C=O) groups excluding carboxylic acids is 1. The highest BCUT2D eigenvalue weighted by molar-refractivity contribution is 7.89. The fraction of sp³-hybridized carbons (Fsp3) is 0.579. The monoisotopic (exact) mass is 394 g/mol. The number of hydrogen-bond donors (Lipinski definition) is 2. The van der Waals surface area contributed by atoms with Crippen molar-refractivity contribution in [2.24, 2.45) is 0 Å². The largest absolute Gasteiger partial charge is 0.480 e. The Labute approximate surface area is 159 Å². The van der Waals surface area contributed by atoms with E-state index in [0.717, 1.165) is 32.1 Å². The van der Waals surface area contributed by atoms with Crippen molar-refractivity contribution < 1.29 is 23.1 Å². The first kappa shape index (κ1) is 19.8. The Morgan fingerprint density at radius 2 is 1.89 bits per heavy atom. The third-order valence-corrected chi connectivity index (χ3v) is 7.67. The molecule has 7 nitrogen and oxygen atoms in total. The summed E-state index contributed by atoms with van der Waals surface area (Å²) in [5.74, 6) is -1.60. The highest BCUT2D eigenvalue weighted by atomic mass is 32.2. The third kappa shape index (κ3) is 3.87. The molecule has 1 aliphatic carbocycles. The molecule has 1 aromatic rings. The van der Waals surface area contributed by atoms with Gasteiger partial charge in [-0.1, -0.05) is 25.3 Å². The number of aliphatic carboxylic acids is 1. The van der Waals surface area contributed by atoms with E-state index in [1.165, 1.54) is 28.6 Å². The van der Waals surface area contributed by atoms with E-state index in [-0.39, 0.29) is 16.5 Å². The zero-order valence-electron chi connectivity index (χ0n) is 15.5. The Morgan fingerprint density at radius 1 is 1.19 bits per heavy atom. The molecule has 27 heavy (non-hydrogen) atoms. The number of carboxylic acid groups (broad SMARTS) is 1. The van der Waals surface area contributed by atoms with E-state index >= 15 is 0 Å². The second kappa shape index (κ2) is 7.59. The minimum absolute atomic E-state index is 0.0692. The molecule has 1 saturated heterocycles. The van der Waals surface area contributed by atoms with Crippen molar-refractivity contribution >= 4 is 21.9 Å². The van der Waals surface area contributed by atoms with Crippen molar-refractivity contribution in [3.8, 4) is 0 Å². The van der Waals surface area contributed by atoms with Gasteiger partial charge in [0, 0.05) is 18.2 Å². The molecular formula is C19H26N2O5S.